The van der Waals surface area contributed by atoms with Crippen molar-refractivity contribution in [1.29, 1.82) is 0 Å². The molecule has 2 aromatic rings. The van der Waals surface area contributed by atoms with Gasteiger partial charge in [0.05, 0.1) is 0 Å². The van der Waals surface area contributed by atoms with Crippen LogP contribution in [-0.4, -0.2) is 45.1 Å². The van der Waals surface area contributed by atoms with Gasteiger partial charge < -0.3 is 10.4 Å². The van der Waals surface area contributed by atoms with Gasteiger partial charge in [0, 0.05) is 36.3 Å². The van der Waals surface area contributed by atoms with Crippen molar-refractivity contribution in [2.24, 2.45) is 0 Å². The van der Waals surface area contributed by atoms with Crippen LogP contribution in [0.15, 0.2) is 41.3 Å². The molecule has 1 aromatic heterocycles. The fourth-order valence-corrected chi connectivity index (χ4v) is 3.14. The molecule has 1 aliphatic heterocycles. The molecule has 0 bridgehead atoms. The Balaban J connectivity index is 1.54. The molecule has 0 saturated carbocycles. The van der Waals surface area contributed by atoms with E-state index in [0.29, 0.717) is 5.82 Å². The van der Waals surface area contributed by atoms with E-state index in [1.54, 1.807) is 0 Å². The van der Waals surface area contributed by atoms with Crippen molar-refractivity contribution in [3.8, 4) is 0 Å². The zero-order valence-corrected chi connectivity index (χ0v) is 14.7. The number of aromatic nitrogens is 2. The lowest BCUT2D eigenvalue weighted by Crippen LogP contribution is -2.39. The molecule has 0 radical (unpaired) electrons. The van der Waals surface area contributed by atoms with Gasteiger partial charge in [-0.1, -0.05) is 28.1 Å². The van der Waals surface area contributed by atoms with E-state index in [1.807, 2.05) is 0 Å². The largest absolute Gasteiger partial charge is 0.477 e. The molecule has 1 fully saturated rings. The molecular formula is C17H19BrN4O2. The lowest BCUT2D eigenvalue weighted by atomic mass is 10.0. The van der Waals surface area contributed by atoms with Crippen molar-refractivity contribution in [2.45, 2.75) is 25.4 Å². The molecular weight excluding hydrogens is 372 g/mol. The number of carboxylic acid groups (broad SMARTS) is 1. The summed E-state index contributed by atoms with van der Waals surface area (Å²) in [6.45, 7) is 2.89. The van der Waals surface area contributed by atoms with Gasteiger partial charge in [-0.15, -0.1) is 0 Å². The van der Waals surface area contributed by atoms with Gasteiger partial charge in [-0.25, -0.2) is 14.8 Å². The second kappa shape index (κ2) is 7.72. The summed E-state index contributed by atoms with van der Waals surface area (Å²) in [4.78, 5) is 21.5. The van der Waals surface area contributed by atoms with Gasteiger partial charge in [0.1, 0.15) is 17.7 Å². The fraction of sp³-hybridized carbons (Fsp3) is 0.353. The van der Waals surface area contributed by atoms with Crippen molar-refractivity contribution < 1.29 is 9.90 Å². The summed E-state index contributed by atoms with van der Waals surface area (Å²) in [5.41, 5.74) is 1.42. The summed E-state index contributed by atoms with van der Waals surface area (Å²) in [5.74, 6) is -0.602. The number of halogens is 1. The standard InChI is InChI=1S/C17H19BrN4O2/c18-13-3-1-12(2-4-13)10-22-7-5-14(6-8-22)21-16-15(17(23)24)9-19-11-20-16/h1-4,9,11,14H,5-8,10H2,(H,23,24)(H,19,20,21). The van der Waals surface area contributed by atoms with E-state index in [-0.39, 0.29) is 11.6 Å². The summed E-state index contributed by atoms with van der Waals surface area (Å²) in [6, 6.07) is 8.63. The number of rotatable bonds is 5. The third kappa shape index (κ3) is 4.30. The van der Waals surface area contributed by atoms with Crippen LogP contribution in [0.2, 0.25) is 0 Å². The average molecular weight is 391 g/mol. The molecule has 1 saturated heterocycles. The number of hydrogen-bond donors (Lipinski definition) is 2. The molecule has 1 aromatic carbocycles. The molecule has 2 heterocycles. The summed E-state index contributed by atoms with van der Waals surface area (Å²) in [6.07, 6.45) is 4.62. The number of benzene rings is 1. The smallest absolute Gasteiger partial charge is 0.341 e. The Kier molecular flexibility index (Phi) is 5.42. The monoisotopic (exact) mass is 390 g/mol. The highest BCUT2D eigenvalue weighted by molar-refractivity contribution is 9.10. The first-order valence-electron chi connectivity index (χ1n) is 7.88. The van der Waals surface area contributed by atoms with Gasteiger partial charge in [0.15, 0.2) is 0 Å². The minimum atomic E-state index is -1.01. The number of anilines is 1. The molecule has 6 nitrogen and oxygen atoms in total. The minimum absolute atomic E-state index is 0.120. The van der Waals surface area contributed by atoms with Crippen LogP contribution in [0.25, 0.3) is 0 Å². The summed E-state index contributed by atoms with van der Waals surface area (Å²) >= 11 is 3.45. The number of carboxylic acids is 1. The van der Waals surface area contributed by atoms with Gasteiger partial charge >= 0.3 is 5.97 Å². The Morgan fingerprint density at radius 1 is 1.29 bits per heavy atom. The van der Waals surface area contributed by atoms with Crippen molar-refractivity contribution >= 4 is 27.7 Å². The van der Waals surface area contributed by atoms with Crippen molar-refractivity contribution in [3.05, 3.63) is 52.4 Å². The highest BCUT2D eigenvalue weighted by Gasteiger charge is 2.21. The van der Waals surface area contributed by atoms with E-state index in [9.17, 15) is 9.90 Å². The Bertz CT molecular complexity index is 700. The van der Waals surface area contributed by atoms with E-state index < -0.39 is 5.97 Å². The molecule has 0 spiro atoms. The highest BCUT2D eigenvalue weighted by Crippen LogP contribution is 2.20. The maximum absolute atomic E-state index is 11.2. The van der Waals surface area contributed by atoms with Crippen LogP contribution in [-0.2, 0) is 6.54 Å². The van der Waals surface area contributed by atoms with Crippen LogP contribution in [0.1, 0.15) is 28.8 Å². The second-order valence-corrected chi connectivity index (χ2v) is 6.83. The van der Waals surface area contributed by atoms with Gasteiger partial charge in [-0.05, 0) is 30.5 Å². The SMILES string of the molecule is O=C(O)c1cncnc1NC1CCN(Cc2ccc(Br)cc2)CC1. The topological polar surface area (TPSA) is 78.3 Å². The quantitative estimate of drug-likeness (QED) is 0.816. The summed E-state index contributed by atoms with van der Waals surface area (Å²) in [5, 5.41) is 12.4. The lowest BCUT2D eigenvalue weighted by molar-refractivity contribution is 0.0697. The molecule has 24 heavy (non-hydrogen) atoms. The van der Waals surface area contributed by atoms with E-state index in [1.165, 1.54) is 18.1 Å². The number of nitrogens with zero attached hydrogens (tertiary/aromatic N) is 3. The zero-order valence-electron chi connectivity index (χ0n) is 13.2. The molecule has 0 atom stereocenters. The van der Waals surface area contributed by atoms with Crippen molar-refractivity contribution in [2.75, 3.05) is 18.4 Å². The third-order valence-electron chi connectivity index (χ3n) is 4.19. The minimum Gasteiger partial charge on any atom is -0.477 e. The van der Waals surface area contributed by atoms with Gasteiger partial charge in [-0.3, -0.25) is 4.90 Å². The predicted octanol–water partition coefficient (Wildman–Crippen LogP) is 3.01. The molecule has 0 unspecified atom stereocenters. The molecule has 0 amide bonds. The first-order chi connectivity index (χ1) is 11.6. The van der Waals surface area contributed by atoms with Crippen LogP contribution in [0.4, 0.5) is 5.82 Å². The Labute approximate surface area is 149 Å². The van der Waals surface area contributed by atoms with Crippen LogP contribution in [0, 0.1) is 0 Å². The zero-order chi connectivity index (χ0) is 16.9. The Morgan fingerprint density at radius 3 is 2.67 bits per heavy atom. The number of aromatic carboxylic acids is 1. The summed E-state index contributed by atoms with van der Waals surface area (Å²) < 4.78 is 1.09. The molecule has 3 rings (SSSR count). The number of piperidine rings is 1. The second-order valence-electron chi connectivity index (χ2n) is 5.91. The van der Waals surface area contributed by atoms with Crippen LogP contribution >= 0.6 is 15.9 Å². The fourth-order valence-electron chi connectivity index (χ4n) is 2.88. The molecule has 7 heteroatoms. The van der Waals surface area contributed by atoms with Crippen LogP contribution < -0.4 is 5.32 Å². The molecule has 1 aliphatic rings. The number of likely N-dealkylation sites (tertiary alicyclic amines) is 1. The molecule has 0 aliphatic carbocycles. The Hall–Kier alpha value is -1.99. The van der Waals surface area contributed by atoms with E-state index >= 15 is 0 Å². The Morgan fingerprint density at radius 2 is 2.00 bits per heavy atom. The van der Waals surface area contributed by atoms with Crippen LogP contribution in [0.3, 0.4) is 0 Å². The molecule has 126 valence electrons. The van der Waals surface area contributed by atoms with E-state index in [4.69, 9.17) is 0 Å². The van der Waals surface area contributed by atoms with Crippen molar-refractivity contribution in [3.63, 3.8) is 0 Å². The first kappa shape index (κ1) is 16.9. The van der Waals surface area contributed by atoms with Gasteiger partial charge in [-0.2, -0.15) is 0 Å². The maximum atomic E-state index is 11.2. The predicted molar refractivity (Wildman–Crippen MR) is 95.1 cm³/mol. The average Bonchev–Trinajstić information content (AvgIpc) is 2.59. The number of carbonyl (C=O) groups is 1. The van der Waals surface area contributed by atoms with Crippen molar-refractivity contribution in [1.82, 2.24) is 14.9 Å². The lowest BCUT2D eigenvalue weighted by Gasteiger charge is -2.32. The highest BCUT2D eigenvalue weighted by atomic mass is 79.9. The maximum Gasteiger partial charge on any atom is 0.341 e. The number of nitrogens with one attached hydrogen (secondary N) is 1. The number of hydrogen-bond acceptors (Lipinski definition) is 5. The van der Waals surface area contributed by atoms with Gasteiger partial charge in [0.25, 0.3) is 0 Å². The van der Waals surface area contributed by atoms with Gasteiger partial charge in [0.2, 0.25) is 0 Å². The third-order valence-corrected chi connectivity index (χ3v) is 4.72. The first-order valence-corrected chi connectivity index (χ1v) is 8.68. The van der Waals surface area contributed by atoms with Crippen LogP contribution in [0.5, 0.6) is 0 Å². The van der Waals surface area contributed by atoms with E-state index in [0.717, 1.165) is 36.9 Å². The van der Waals surface area contributed by atoms with E-state index in [2.05, 4.69) is 60.4 Å². The summed E-state index contributed by atoms with van der Waals surface area (Å²) in [7, 11) is 0. The normalized spacial score (nSPS) is 16.0. The molecule has 2 N–H and O–H groups in total.